The molecule has 184 valence electrons. The molecule has 2 aromatic carbocycles. The minimum absolute atomic E-state index is 0.0922. The second-order valence-corrected chi connectivity index (χ2v) is 7.99. The molecule has 1 amide bonds. The first-order valence-corrected chi connectivity index (χ1v) is 11.2. The van der Waals surface area contributed by atoms with Gasteiger partial charge in [-0.05, 0) is 11.6 Å². The number of amides is 1. The van der Waals surface area contributed by atoms with E-state index in [9.17, 15) is 15.0 Å². The standard InChI is InChI=1S/C25H28N4O6/c1-33-19-5-3-4-18(22(19)34-2)14-26-24(31)20-21(30)25(32)28-23(27-20)17-8-6-16(7-9-17)15-29-10-12-35-13-11-29/h3-9,30H,10-15H2,1-2H3,(H,26,31)(H,27,28,32). The van der Waals surface area contributed by atoms with Gasteiger partial charge in [0.25, 0.3) is 11.8 Å². The molecule has 2 heterocycles. The van der Waals surface area contributed by atoms with Gasteiger partial charge in [-0.25, -0.2) is 4.98 Å². The van der Waals surface area contributed by atoms with Gasteiger partial charge in [0.2, 0.25) is 5.75 Å². The molecule has 0 atom stereocenters. The summed E-state index contributed by atoms with van der Waals surface area (Å²) in [4.78, 5) is 23.3. The number of methoxy groups -OCH3 is 2. The quantitative estimate of drug-likeness (QED) is 0.445. The van der Waals surface area contributed by atoms with Gasteiger partial charge in [0.1, 0.15) is 0 Å². The van der Waals surface area contributed by atoms with E-state index >= 15 is 0 Å². The van der Waals surface area contributed by atoms with Crippen molar-refractivity contribution in [1.29, 1.82) is 0 Å². The van der Waals surface area contributed by atoms with Gasteiger partial charge in [0, 0.05) is 37.3 Å². The second-order valence-electron chi connectivity index (χ2n) is 7.99. The number of para-hydroxylation sites is 1. The molecule has 10 heteroatoms. The van der Waals surface area contributed by atoms with Crippen molar-refractivity contribution < 1.29 is 29.2 Å². The van der Waals surface area contributed by atoms with Crippen LogP contribution in [0.5, 0.6) is 23.1 Å². The Morgan fingerprint density at radius 3 is 2.49 bits per heavy atom. The number of hydrogen-bond acceptors (Lipinski definition) is 9. The molecule has 0 unspecified atom stereocenters. The maximum atomic E-state index is 12.8. The molecule has 1 aromatic heterocycles. The Kier molecular flexibility index (Phi) is 7.64. The van der Waals surface area contributed by atoms with Crippen molar-refractivity contribution in [3.8, 4) is 34.5 Å². The summed E-state index contributed by atoms with van der Waals surface area (Å²) in [5, 5.41) is 23.1. The van der Waals surface area contributed by atoms with E-state index in [0.29, 0.717) is 22.6 Å². The summed E-state index contributed by atoms with van der Waals surface area (Å²) < 4.78 is 16.0. The van der Waals surface area contributed by atoms with Gasteiger partial charge in [-0.15, -0.1) is 0 Å². The first-order valence-electron chi connectivity index (χ1n) is 11.2. The smallest absolute Gasteiger partial charge is 0.274 e. The minimum Gasteiger partial charge on any atom is -0.501 e. The van der Waals surface area contributed by atoms with Gasteiger partial charge < -0.3 is 29.7 Å². The molecule has 0 spiro atoms. The van der Waals surface area contributed by atoms with Crippen LogP contribution in [0.25, 0.3) is 11.4 Å². The van der Waals surface area contributed by atoms with Crippen molar-refractivity contribution in [1.82, 2.24) is 20.2 Å². The van der Waals surface area contributed by atoms with E-state index in [-0.39, 0.29) is 18.1 Å². The Labute approximate surface area is 203 Å². The van der Waals surface area contributed by atoms with Crippen LogP contribution in [0.4, 0.5) is 0 Å². The highest BCUT2D eigenvalue weighted by Gasteiger charge is 2.21. The van der Waals surface area contributed by atoms with E-state index in [2.05, 4.69) is 20.2 Å². The van der Waals surface area contributed by atoms with Crippen LogP contribution in [0.2, 0.25) is 0 Å². The zero-order chi connectivity index (χ0) is 24.8. The summed E-state index contributed by atoms with van der Waals surface area (Å²) in [5.41, 5.74) is 2.07. The largest absolute Gasteiger partial charge is 0.501 e. The number of nitrogens with zero attached hydrogens (tertiary/aromatic N) is 3. The molecule has 4 rings (SSSR count). The van der Waals surface area contributed by atoms with E-state index < -0.39 is 17.5 Å². The first kappa shape index (κ1) is 24.2. The predicted molar refractivity (Wildman–Crippen MR) is 128 cm³/mol. The zero-order valence-electron chi connectivity index (χ0n) is 19.7. The van der Waals surface area contributed by atoms with Crippen molar-refractivity contribution in [2.75, 3.05) is 40.5 Å². The third-order valence-electron chi connectivity index (χ3n) is 5.73. The molecule has 1 aliphatic rings. The topological polar surface area (TPSA) is 126 Å². The van der Waals surface area contributed by atoms with Crippen LogP contribution in [0, 0.1) is 0 Å². The van der Waals surface area contributed by atoms with Gasteiger partial charge >= 0.3 is 0 Å². The van der Waals surface area contributed by atoms with Gasteiger partial charge in [-0.3, -0.25) is 9.69 Å². The second kappa shape index (κ2) is 11.0. The lowest BCUT2D eigenvalue weighted by Gasteiger charge is -2.26. The lowest BCUT2D eigenvalue weighted by molar-refractivity contribution is 0.0342. The third-order valence-corrected chi connectivity index (χ3v) is 5.73. The Hall–Kier alpha value is -3.89. The van der Waals surface area contributed by atoms with Gasteiger partial charge in [-0.1, -0.05) is 36.4 Å². The van der Waals surface area contributed by atoms with Crippen LogP contribution in [-0.2, 0) is 17.8 Å². The van der Waals surface area contributed by atoms with E-state index in [1.54, 1.807) is 18.2 Å². The molecule has 35 heavy (non-hydrogen) atoms. The zero-order valence-corrected chi connectivity index (χ0v) is 19.7. The fraction of sp³-hybridized carbons (Fsp3) is 0.320. The third kappa shape index (κ3) is 5.61. The van der Waals surface area contributed by atoms with E-state index in [1.165, 1.54) is 14.2 Å². The molecule has 10 nitrogen and oxygen atoms in total. The van der Waals surface area contributed by atoms with Crippen molar-refractivity contribution in [2.45, 2.75) is 13.1 Å². The van der Waals surface area contributed by atoms with Gasteiger partial charge in [0.05, 0.1) is 27.4 Å². The number of aromatic hydroxyl groups is 2. The van der Waals surface area contributed by atoms with Crippen LogP contribution in [0.1, 0.15) is 21.6 Å². The molecule has 0 bridgehead atoms. The summed E-state index contributed by atoms with van der Waals surface area (Å²) in [7, 11) is 3.04. The molecule has 1 aliphatic heterocycles. The van der Waals surface area contributed by atoms with Crippen molar-refractivity contribution in [3.63, 3.8) is 0 Å². The van der Waals surface area contributed by atoms with E-state index in [1.807, 2.05) is 24.3 Å². The molecule has 0 radical (unpaired) electrons. The number of benzene rings is 2. The lowest BCUT2D eigenvalue weighted by atomic mass is 10.1. The fourth-order valence-electron chi connectivity index (χ4n) is 3.86. The number of aromatic nitrogens is 2. The van der Waals surface area contributed by atoms with Crippen LogP contribution < -0.4 is 14.8 Å². The average molecular weight is 481 g/mol. The number of rotatable bonds is 8. The maximum absolute atomic E-state index is 12.8. The van der Waals surface area contributed by atoms with E-state index in [4.69, 9.17) is 14.2 Å². The molecule has 3 N–H and O–H groups in total. The van der Waals surface area contributed by atoms with Crippen molar-refractivity contribution in [2.24, 2.45) is 0 Å². The SMILES string of the molecule is COc1cccc(CNC(=O)c2nc(-c3ccc(CN4CCOCC4)cc3)nc(O)c2O)c1OC. The maximum Gasteiger partial charge on any atom is 0.274 e. The van der Waals surface area contributed by atoms with Crippen LogP contribution in [0.15, 0.2) is 42.5 Å². The Morgan fingerprint density at radius 2 is 1.80 bits per heavy atom. The van der Waals surface area contributed by atoms with Crippen molar-refractivity contribution in [3.05, 3.63) is 59.3 Å². The molecule has 3 aromatic rings. The Morgan fingerprint density at radius 1 is 1.06 bits per heavy atom. The summed E-state index contributed by atoms with van der Waals surface area (Å²) in [5.74, 6) is -0.883. The highest BCUT2D eigenvalue weighted by Crippen LogP contribution is 2.31. The van der Waals surface area contributed by atoms with Gasteiger partial charge in [0.15, 0.2) is 23.0 Å². The minimum atomic E-state index is -0.687. The number of carbonyl (C=O) groups excluding carboxylic acids is 1. The normalized spacial score (nSPS) is 13.9. The van der Waals surface area contributed by atoms with E-state index in [0.717, 1.165) is 38.4 Å². The van der Waals surface area contributed by atoms with Crippen LogP contribution in [-0.4, -0.2) is 71.5 Å². The molecular weight excluding hydrogens is 452 g/mol. The number of carbonyl (C=O) groups is 1. The fourth-order valence-corrected chi connectivity index (χ4v) is 3.86. The van der Waals surface area contributed by atoms with Crippen molar-refractivity contribution >= 4 is 5.91 Å². The monoisotopic (exact) mass is 480 g/mol. The van der Waals surface area contributed by atoms with Crippen LogP contribution >= 0.6 is 0 Å². The molecule has 1 saturated heterocycles. The average Bonchev–Trinajstić information content (AvgIpc) is 2.89. The molecule has 1 fully saturated rings. The summed E-state index contributed by atoms with van der Waals surface area (Å²) in [6.07, 6.45) is 0. The Bertz CT molecular complexity index is 1180. The summed E-state index contributed by atoms with van der Waals surface area (Å²) >= 11 is 0. The highest BCUT2D eigenvalue weighted by atomic mass is 16.5. The number of morpholine rings is 1. The lowest BCUT2D eigenvalue weighted by Crippen LogP contribution is -2.35. The predicted octanol–water partition coefficient (Wildman–Crippen LogP) is 2.33. The molecule has 0 aliphatic carbocycles. The number of ether oxygens (including phenoxy) is 3. The molecular formula is C25H28N4O6. The Balaban J connectivity index is 1.50. The number of hydrogen-bond donors (Lipinski definition) is 3. The first-order chi connectivity index (χ1) is 17.0. The molecule has 0 saturated carbocycles. The number of nitrogens with one attached hydrogen (secondary N) is 1. The van der Waals surface area contributed by atoms with Crippen LogP contribution in [0.3, 0.4) is 0 Å². The summed E-state index contributed by atoms with van der Waals surface area (Å²) in [6.45, 7) is 4.12. The summed E-state index contributed by atoms with van der Waals surface area (Å²) in [6, 6.07) is 12.9. The van der Waals surface area contributed by atoms with Gasteiger partial charge in [-0.2, -0.15) is 4.98 Å². The highest BCUT2D eigenvalue weighted by molar-refractivity contribution is 5.95.